The molecule has 11 heteroatoms. The van der Waals surface area contributed by atoms with Crippen molar-refractivity contribution in [2.75, 3.05) is 18.1 Å². The molecule has 0 amide bonds. The first-order valence-corrected chi connectivity index (χ1v) is 14.1. The van der Waals surface area contributed by atoms with Crippen LogP contribution in [0.5, 0.6) is 0 Å². The van der Waals surface area contributed by atoms with E-state index in [1.807, 2.05) is 0 Å². The number of allylic oxidation sites excluding steroid dienone is 2. The number of aromatic nitrogens is 1. The second kappa shape index (κ2) is 12.4. The van der Waals surface area contributed by atoms with E-state index in [0.717, 1.165) is 12.1 Å². The van der Waals surface area contributed by atoms with Crippen molar-refractivity contribution in [2.24, 2.45) is 11.7 Å². The molecule has 0 saturated carbocycles. The highest BCUT2D eigenvalue weighted by Gasteiger charge is 2.51. The first kappa shape index (κ1) is 30.5. The molecule has 0 radical (unpaired) electrons. The van der Waals surface area contributed by atoms with E-state index < -0.39 is 47.2 Å². The zero-order chi connectivity index (χ0) is 31.6. The minimum absolute atomic E-state index is 0.00294. The van der Waals surface area contributed by atoms with Gasteiger partial charge in [0.15, 0.2) is 5.78 Å². The fraction of sp³-hybridized carbons (Fsp3) is 0.273. The molecule has 0 bridgehead atoms. The van der Waals surface area contributed by atoms with Crippen LogP contribution < -0.4 is 10.6 Å². The molecular weight excluding hydrogens is 575 g/mol. The number of esters is 2. The number of carbonyl (C=O) groups excluding carboxylic acids is 3. The highest BCUT2D eigenvalue weighted by atomic mass is 19.4. The molecule has 2 aliphatic rings. The molecule has 1 aliphatic heterocycles. The number of benzene rings is 2. The van der Waals surface area contributed by atoms with E-state index in [0.29, 0.717) is 16.8 Å². The summed E-state index contributed by atoms with van der Waals surface area (Å²) in [6.07, 6.45) is -1.47. The van der Waals surface area contributed by atoms with Crippen molar-refractivity contribution in [3.05, 3.63) is 118 Å². The van der Waals surface area contributed by atoms with Crippen LogP contribution in [-0.4, -0.2) is 35.9 Å². The van der Waals surface area contributed by atoms with Crippen LogP contribution in [0.3, 0.4) is 0 Å². The number of Topliss-reactive ketones (excluding diaryl/α,β-unsaturated/α-hetero) is 1. The third-order valence-corrected chi connectivity index (χ3v) is 7.77. The highest BCUT2D eigenvalue weighted by Crippen LogP contribution is 2.51. The average Bonchev–Trinajstić information content (AvgIpc) is 3.01. The average molecular weight is 606 g/mol. The molecule has 8 nitrogen and oxygen atoms in total. The maximum atomic E-state index is 14.7. The van der Waals surface area contributed by atoms with Crippen LogP contribution in [0.15, 0.2) is 102 Å². The third kappa shape index (κ3) is 5.57. The van der Waals surface area contributed by atoms with Crippen LogP contribution in [0.25, 0.3) is 0 Å². The molecule has 2 aromatic carbocycles. The number of hydrogen-bond donors (Lipinski definition) is 1. The minimum atomic E-state index is -4.58. The van der Waals surface area contributed by atoms with Gasteiger partial charge in [-0.25, -0.2) is 4.79 Å². The molecule has 44 heavy (non-hydrogen) atoms. The molecule has 3 aromatic rings. The van der Waals surface area contributed by atoms with Crippen molar-refractivity contribution in [3.8, 4) is 0 Å². The van der Waals surface area contributed by atoms with Crippen LogP contribution >= 0.6 is 0 Å². The number of rotatable bonds is 7. The number of ketones is 1. The Morgan fingerprint density at radius 1 is 0.955 bits per heavy atom. The Bertz CT molecular complexity index is 1620. The van der Waals surface area contributed by atoms with Gasteiger partial charge in [0.1, 0.15) is 11.7 Å². The standard InChI is InChI=1S/C33H30F3N3O5/c1-3-43-31(41)26-23(19-9-6-5-7-10-19)17-24-27(29(26)40)25(20-11-8-16-38-18-20)28(32(42)44-4-2)30(37)39(24)22-14-12-21(13-15-22)33(34,35)36/h5-16,18,23,25-26H,3-4,17,37H2,1-2H3/t23-,25-,26+/m0/s1. The Morgan fingerprint density at radius 3 is 2.20 bits per heavy atom. The summed E-state index contributed by atoms with van der Waals surface area (Å²) in [6, 6.07) is 16.5. The first-order valence-electron chi connectivity index (χ1n) is 14.1. The lowest BCUT2D eigenvalue weighted by atomic mass is 9.67. The normalized spacial score (nSPS) is 20.3. The van der Waals surface area contributed by atoms with E-state index in [2.05, 4.69) is 4.98 Å². The Kier molecular flexibility index (Phi) is 8.57. The smallest absolute Gasteiger partial charge is 0.416 e. The van der Waals surface area contributed by atoms with Crippen LogP contribution in [0, 0.1) is 5.92 Å². The first-order chi connectivity index (χ1) is 21.1. The lowest BCUT2D eigenvalue weighted by molar-refractivity contribution is -0.152. The second-order valence-electron chi connectivity index (χ2n) is 10.3. The van der Waals surface area contributed by atoms with Gasteiger partial charge in [0, 0.05) is 35.3 Å². The number of nitrogens with two attached hydrogens (primary N) is 1. The van der Waals surface area contributed by atoms with E-state index in [1.165, 1.54) is 29.4 Å². The van der Waals surface area contributed by atoms with Crippen molar-refractivity contribution >= 4 is 23.4 Å². The molecule has 0 saturated heterocycles. The van der Waals surface area contributed by atoms with Gasteiger partial charge in [0.2, 0.25) is 0 Å². The minimum Gasteiger partial charge on any atom is -0.465 e. The van der Waals surface area contributed by atoms with Crippen molar-refractivity contribution in [2.45, 2.75) is 38.3 Å². The number of ether oxygens (including phenoxy) is 2. The predicted octanol–water partition coefficient (Wildman–Crippen LogP) is 5.63. The maximum absolute atomic E-state index is 14.7. The van der Waals surface area contributed by atoms with Gasteiger partial charge in [0.05, 0.1) is 30.3 Å². The SMILES string of the molecule is CCOC(=O)C1=C(N)N(c2ccc(C(F)(F)F)cc2)C2=C(C(=O)[C@H](C(=O)OCC)[C@H](c3ccccc3)C2)[C@@H]1c1cccnc1. The third-order valence-electron chi connectivity index (χ3n) is 7.77. The molecule has 0 spiro atoms. The molecule has 2 N–H and O–H groups in total. The van der Waals surface area contributed by atoms with Gasteiger partial charge in [-0.05, 0) is 61.7 Å². The van der Waals surface area contributed by atoms with Crippen molar-refractivity contribution in [1.29, 1.82) is 0 Å². The van der Waals surface area contributed by atoms with E-state index >= 15 is 0 Å². The monoisotopic (exact) mass is 605 g/mol. The number of alkyl halides is 3. The highest BCUT2D eigenvalue weighted by molar-refractivity contribution is 6.14. The molecule has 5 rings (SSSR count). The van der Waals surface area contributed by atoms with Crippen LogP contribution in [0.2, 0.25) is 0 Å². The van der Waals surface area contributed by atoms with Gasteiger partial charge in [-0.3, -0.25) is 19.5 Å². The summed E-state index contributed by atoms with van der Waals surface area (Å²) in [7, 11) is 0. The Balaban J connectivity index is 1.80. The summed E-state index contributed by atoms with van der Waals surface area (Å²) >= 11 is 0. The second-order valence-corrected chi connectivity index (χ2v) is 10.3. The fourth-order valence-electron chi connectivity index (χ4n) is 5.93. The van der Waals surface area contributed by atoms with Crippen molar-refractivity contribution in [3.63, 3.8) is 0 Å². The number of nitrogens with zero attached hydrogens (tertiary/aromatic N) is 2. The maximum Gasteiger partial charge on any atom is 0.416 e. The topological polar surface area (TPSA) is 112 Å². The summed E-state index contributed by atoms with van der Waals surface area (Å²) in [6.45, 7) is 3.29. The summed E-state index contributed by atoms with van der Waals surface area (Å²) in [5, 5.41) is 0. The molecule has 1 aliphatic carbocycles. The molecule has 2 heterocycles. The number of hydrogen-bond acceptors (Lipinski definition) is 8. The van der Waals surface area contributed by atoms with Gasteiger partial charge in [-0.15, -0.1) is 0 Å². The van der Waals surface area contributed by atoms with E-state index in [1.54, 1.807) is 56.3 Å². The molecule has 228 valence electrons. The van der Waals surface area contributed by atoms with E-state index in [9.17, 15) is 27.6 Å². The van der Waals surface area contributed by atoms with Crippen LogP contribution in [0.4, 0.5) is 18.9 Å². The fourth-order valence-corrected chi connectivity index (χ4v) is 5.93. The Labute approximate surface area is 252 Å². The summed E-state index contributed by atoms with van der Waals surface area (Å²) in [4.78, 5) is 47.3. The number of pyridine rings is 1. The lowest BCUT2D eigenvalue weighted by Gasteiger charge is -2.44. The van der Waals surface area contributed by atoms with Gasteiger partial charge in [-0.1, -0.05) is 36.4 Å². The number of carbonyl (C=O) groups is 3. The predicted molar refractivity (Wildman–Crippen MR) is 155 cm³/mol. The van der Waals surface area contributed by atoms with E-state index in [4.69, 9.17) is 15.2 Å². The van der Waals surface area contributed by atoms with Crippen molar-refractivity contribution < 1.29 is 37.0 Å². The molecular formula is C33H30F3N3O5. The Hall–Kier alpha value is -4.93. The molecule has 0 fully saturated rings. The summed E-state index contributed by atoms with van der Waals surface area (Å²) in [5.41, 5.74) is 7.56. The van der Waals surface area contributed by atoms with E-state index in [-0.39, 0.29) is 42.3 Å². The van der Waals surface area contributed by atoms with Gasteiger partial charge in [-0.2, -0.15) is 13.2 Å². The largest absolute Gasteiger partial charge is 0.465 e. The summed E-state index contributed by atoms with van der Waals surface area (Å²) in [5.74, 6) is -5.23. The molecule has 3 atom stereocenters. The van der Waals surface area contributed by atoms with Gasteiger partial charge < -0.3 is 15.2 Å². The molecule has 0 unspecified atom stereocenters. The van der Waals surface area contributed by atoms with Crippen molar-refractivity contribution in [1.82, 2.24) is 4.98 Å². The summed E-state index contributed by atoms with van der Waals surface area (Å²) < 4.78 is 51.1. The zero-order valence-corrected chi connectivity index (χ0v) is 24.0. The Morgan fingerprint density at radius 2 is 1.61 bits per heavy atom. The van der Waals surface area contributed by atoms with Crippen LogP contribution in [0.1, 0.15) is 48.8 Å². The number of anilines is 1. The van der Waals surface area contributed by atoms with Crippen LogP contribution in [-0.2, 0) is 30.0 Å². The van der Waals surface area contributed by atoms with Gasteiger partial charge >= 0.3 is 18.1 Å². The zero-order valence-electron chi connectivity index (χ0n) is 24.0. The molecule has 1 aromatic heterocycles. The number of halogens is 3. The van der Waals surface area contributed by atoms with Gasteiger partial charge in [0.25, 0.3) is 0 Å². The lowest BCUT2D eigenvalue weighted by Crippen LogP contribution is -2.46. The quantitative estimate of drug-likeness (QED) is 0.273.